The normalized spacial score (nSPS) is 52.2. The van der Waals surface area contributed by atoms with E-state index in [9.17, 15) is 0 Å². The summed E-state index contributed by atoms with van der Waals surface area (Å²) in [7, 11) is 0. The Labute approximate surface area is 60.9 Å². The predicted octanol–water partition coefficient (Wildman–Crippen LogP) is 0.547. The summed E-state index contributed by atoms with van der Waals surface area (Å²) in [5.74, 6) is 1.63. The molecule has 2 nitrogen and oxygen atoms in total. The minimum absolute atomic E-state index is 0.593. The molecule has 1 radical (unpaired) electrons. The highest BCUT2D eigenvalue weighted by Crippen LogP contribution is 2.49. The Balaban J connectivity index is 1.92. The van der Waals surface area contributed by atoms with Gasteiger partial charge in [-0.15, -0.1) is 0 Å². The second-order valence-electron chi connectivity index (χ2n) is 3.59. The quantitative estimate of drug-likeness (QED) is 0.527. The van der Waals surface area contributed by atoms with Gasteiger partial charge in [0.2, 0.25) is 0 Å². The van der Waals surface area contributed by atoms with Gasteiger partial charge in [0.15, 0.2) is 0 Å². The van der Waals surface area contributed by atoms with E-state index in [0.717, 1.165) is 11.8 Å². The molecule has 3 heterocycles. The van der Waals surface area contributed by atoms with E-state index in [4.69, 9.17) is 4.74 Å². The molecule has 2 bridgehead atoms. The van der Waals surface area contributed by atoms with Gasteiger partial charge in [0.1, 0.15) is 6.10 Å². The molecule has 3 atom stereocenters. The summed E-state index contributed by atoms with van der Waals surface area (Å²) in [4.78, 5) is 0. The maximum Gasteiger partial charge on any atom is 0.102 e. The molecule has 0 aromatic heterocycles. The average molecular weight is 138 g/mol. The van der Waals surface area contributed by atoms with E-state index in [1.165, 1.54) is 32.0 Å². The van der Waals surface area contributed by atoms with Crippen LogP contribution in [0.2, 0.25) is 0 Å². The summed E-state index contributed by atoms with van der Waals surface area (Å²) < 4.78 is 5.72. The van der Waals surface area contributed by atoms with Crippen molar-refractivity contribution in [3.8, 4) is 0 Å². The van der Waals surface area contributed by atoms with Crippen LogP contribution in [-0.2, 0) is 4.74 Å². The van der Waals surface area contributed by atoms with Crippen LogP contribution in [-0.4, -0.2) is 19.2 Å². The van der Waals surface area contributed by atoms with Gasteiger partial charge in [-0.1, -0.05) is 0 Å². The van der Waals surface area contributed by atoms with Gasteiger partial charge >= 0.3 is 0 Å². The van der Waals surface area contributed by atoms with Crippen LogP contribution in [0.4, 0.5) is 0 Å². The molecule has 3 rings (SSSR count). The third kappa shape index (κ3) is 0.523. The Morgan fingerprint density at radius 2 is 2.40 bits per heavy atom. The smallest absolute Gasteiger partial charge is 0.102 e. The molecule has 2 heteroatoms. The second kappa shape index (κ2) is 1.74. The zero-order valence-electron chi connectivity index (χ0n) is 5.97. The fraction of sp³-hybridized carbons (Fsp3) is 0.875. The number of ether oxygens (including phenoxy) is 1. The molecule has 10 heavy (non-hydrogen) atoms. The zero-order valence-corrected chi connectivity index (χ0v) is 5.97. The first-order valence-electron chi connectivity index (χ1n) is 4.18. The van der Waals surface area contributed by atoms with Crippen molar-refractivity contribution in [3.63, 3.8) is 0 Å². The van der Waals surface area contributed by atoms with Crippen LogP contribution >= 0.6 is 0 Å². The summed E-state index contributed by atoms with van der Waals surface area (Å²) in [6.45, 7) is 2.37. The van der Waals surface area contributed by atoms with Gasteiger partial charge < -0.3 is 10.1 Å². The van der Waals surface area contributed by atoms with E-state index in [1.54, 1.807) is 0 Å². The Kier molecular flexibility index (Phi) is 0.968. The van der Waals surface area contributed by atoms with Gasteiger partial charge in [-0.05, 0) is 12.8 Å². The van der Waals surface area contributed by atoms with Crippen molar-refractivity contribution in [1.29, 1.82) is 0 Å². The monoisotopic (exact) mass is 138 g/mol. The van der Waals surface area contributed by atoms with E-state index < -0.39 is 0 Å². The van der Waals surface area contributed by atoms with Crippen LogP contribution in [0.1, 0.15) is 12.8 Å². The number of rotatable bonds is 0. The molecule has 0 aromatic rings. The van der Waals surface area contributed by atoms with Crippen LogP contribution in [0.25, 0.3) is 0 Å². The Hall–Kier alpha value is -0.0800. The van der Waals surface area contributed by atoms with Gasteiger partial charge in [0, 0.05) is 24.9 Å². The number of hydrogen-bond acceptors (Lipinski definition) is 2. The van der Waals surface area contributed by atoms with Gasteiger partial charge in [-0.2, -0.15) is 0 Å². The largest absolute Gasteiger partial charge is 0.368 e. The van der Waals surface area contributed by atoms with E-state index in [-0.39, 0.29) is 0 Å². The summed E-state index contributed by atoms with van der Waals surface area (Å²) in [5, 5.41) is 3.42. The molecule has 0 saturated carbocycles. The molecule has 3 saturated heterocycles. The van der Waals surface area contributed by atoms with Crippen LogP contribution < -0.4 is 5.32 Å². The zero-order chi connectivity index (χ0) is 6.55. The van der Waals surface area contributed by atoms with E-state index in [1.807, 2.05) is 0 Å². The van der Waals surface area contributed by atoms with Gasteiger partial charge in [0.05, 0.1) is 6.10 Å². The second-order valence-corrected chi connectivity index (χ2v) is 3.59. The summed E-state index contributed by atoms with van der Waals surface area (Å²) >= 11 is 0. The van der Waals surface area contributed by atoms with Crippen molar-refractivity contribution in [2.45, 2.75) is 18.9 Å². The van der Waals surface area contributed by atoms with Crippen molar-refractivity contribution >= 4 is 0 Å². The molecular formula is C8H12NO. The molecule has 55 valence electrons. The maximum absolute atomic E-state index is 5.72. The summed E-state index contributed by atoms with van der Waals surface area (Å²) in [5.41, 5.74) is 0. The van der Waals surface area contributed by atoms with Crippen molar-refractivity contribution in [3.05, 3.63) is 6.10 Å². The molecular weight excluding hydrogens is 126 g/mol. The van der Waals surface area contributed by atoms with E-state index in [2.05, 4.69) is 5.32 Å². The van der Waals surface area contributed by atoms with Crippen molar-refractivity contribution in [2.24, 2.45) is 11.8 Å². The molecule has 3 fully saturated rings. The Morgan fingerprint density at radius 3 is 3.30 bits per heavy atom. The molecule has 0 amide bonds. The van der Waals surface area contributed by atoms with E-state index >= 15 is 0 Å². The Bertz CT molecular complexity index is 143. The molecule has 3 aliphatic rings. The third-order valence-corrected chi connectivity index (χ3v) is 3.13. The van der Waals surface area contributed by atoms with Gasteiger partial charge in [-0.25, -0.2) is 0 Å². The predicted molar refractivity (Wildman–Crippen MR) is 37.2 cm³/mol. The lowest BCUT2D eigenvalue weighted by molar-refractivity contribution is 0.140. The molecule has 0 aromatic carbocycles. The van der Waals surface area contributed by atoms with Crippen LogP contribution in [0.5, 0.6) is 0 Å². The Morgan fingerprint density at radius 1 is 1.40 bits per heavy atom. The van der Waals surface area contributed by atoms with Crippen LogP contribution in [0.3, 0.4) is 0 Å². The highest BCUT2D eigenvalue weighted by molar-refractivity contribution is 5.10. The fourth-order valence-corrected chi connectivity index (χ4v) is 2.61. The lowest BCUT2D eigenvalue weighted by Crippen LogP contribution is -2.22. The van der Waals surface area contributed by atoms with Crippen molar-refractivity contribution < 1.29 is 4.74 Å². The number of fused-ring (bicyclic) bond motifs is 5. The first kappa shape index (κ1) is 5.56. The maximum atomic E-state index is 5.72. The van der Waals surface area contributed by atoms with Crippen molar-refractivity contribution in [2.75, 3.05) is 13.1 Å². The molecule has 0 aliphatic carbocycles. The lowest BCUT2D eigenvalue weighted by Gasteiger charge is -2.17. The first-order valence-corrected chi connectivity index (χ1v) is 4.18. The topological polar surface area (TPSA) is 21.3 Å². The highest BCUT2D eigenvalue weighted by atomic mass is 16.5. The third-order valence-electron chi connectivity index (χ3n) is 3.13. The number of nitrogens with one attached hydrogen (secondary N) is 1. The minimum Gasteiger partial charge on any atom is -0.368 e. The van der Waals surface area contributed by atoms with Crippen LogP contribution in [0.15, 0.2) is 0 Å². The minimum atomic E-state index is 0.593. The SMILES string of the molecule is C1CC2O[C]1C1CNCC21. The molecule has 3 aliphatic heterocycles. The summed E-state index contributed by atoms with van der Waals surface area (Å²) in [6.07, 6.45) is 4.53. The highest BCUT2D eigenvalue weighted by Gasteiger charge is 2.51. The molecule has 1 N–H and O–H groups in total. The van der Waals surface area contributed by atoms with E-state index in [0.29, 0.717) is 6.10 Å². The lowest BCUT2D eigenvalue weighted by atomic mass is 9.82. The average Bonchev–Trinajstić information content (AvgIpc) is 2.60. The molecule has 0 spiro atoms. The summed E-state index contributed by atoms with van der Waals surface area (Å²) in [6, 6.07) is 0. The molecule has 3 unspecified atom stereocenters. The first-order chi connectivity index (χ1) is 4.95. The van der Waals surface area contributed by atoms with Crippen LogP contribution in [0, 0.1) is 17.9 Å². The van der Waals surface area contributed by atoms with Gasteiger partial charge in [0.25, 0.3) is 0 Å². The van der Waals surface area contributed by atoms with Gasteiger partial charge in [-0.3, -0.25) is 0 Å². The fourth-order valence-electron chi connectivity index (χ4n) is 2.61. The standard InChI is InChI=1S/C8H12NO/c1-2-8-6-4-9-3-5(6)7(1)10-8/h5-7,9H,1-4H2. The number of hydrogen-bond donors (Lipinski definition) is 1. The van der Waals surface area contributed by atoms with Crippen molar-refractivity contribution in [1.82, 2.24) is 5.32 Å².